The number of nitriles is 1. The van der Waals surface area contributed by atoms with E-state index < -0.39 is 0 Å². The van der Waals surface area contributed by atoms with Crippen molar-refractivity contribution in [3.8, 4) is 6.07 Å². The quantitative estimate of drug-likeness (QED) is 0.746. The van der Waals surface area contributed by atoms with E-state index in [-0.39, 0.29) is 30.6 Å². The Morgan fingerprint density at radius 3 is 2.67 bits per heavy atom. The van der Waals surface area contributed by atoms with Crippen molar-refractivity contribution in [3.63, 3.8) is 0 Å². The third-order valence-corrected chi connectivity index (χ3v) is 4.62. The van der Waals surface area contributed by atoms with Crippen molar-refractivity contribution < 1.29 is 14.4 Å². The van der Waals surface area contributed by atoms with Gasteiger partial charge in [0, 0.05) is 13.0 Å². The fourth-order valence-corrected chi connectivity index (χ4v) is 3.46. The molecule has 0 N–H and O–H groups in total. The van der Waals surface area contributed by atoms with Crippen molar-refractivity contribution in [2.75, 3.05) is 6.61 Å². The standard InChI is InChI=1S/C16H26N2O3/c1-3-13-9-15(11-20-12(2)19)21-18(16(13)10-17)14-7-5-4-6-8-14/h13-16H,3-9,11H2,1-2H3. The van der Waals surface area contributed by atoms with E-state index >= 15 is 0 Å². The SMILES string of the molecule is CCC1CC(COC(C)=O)ON(C2CCCCC2)C1C#N. The van der Waals surface area contributed by atoms with Crippen molar-refractivity contribution >= 4 is 5.97 Å². The molecule has 1 saturated carbocycles. The minimum atomic E-state index is -0.279. The molecule has 0 aromatic rings. The van der Waals surface area contributed by atoms with Crippen LogP contribution in [0, 0.1) is 17.2 Å². The number of ether oxygens (including phenoxy) is 1. The zero-order valence-corrected chi connectivity index (χ0v) is 13.1. The van der Waals surface area contributed by atoms with Crippen LogP contribution >= 0.6 is 0 Å². The molecule has 3 unspecified atom stereocenters. The van der Waals surface area contributed by atoms with E-state index in [4.69, 9.17) is 9.57 Å². The molecule has 118 valence electrons. The molecule has 2 aliphatic rings. The molecule has 2 rings (SSSR count). The van der Waals surface area contributed by atoms with Gasteiger partial charge in [0.1, 0.15) is 18.8 Å². The van der Waals surface area contributed by atoms with E-state index in [0.29, 0.717) is 6.04 Å². The highest BCUT2D eigenvalue weighted by Gasteiger charge is 2.40. The number of nitrogens with zero attached hydrogens (tertiary/aromatic N) is 2. The molecule has 5 nitrogen and oxygen atoms in total. The van der Waals surface area contributed by atoms with Gasteiger partial charge >= 0.3 is 5.97 Å². The van der Waals surface area contributed by atoms with Crippen LogP contribution in [0.5, 0.6) is 0 Å². The summed E-state index contributed by atoms with van der Waals surface area (Å²) >= 11 is 0. The molecule has 0 radical (unpaired) electrons. The molecule has 0 aromatic carbocycles. The third-order valence-electron chi connectivity index (χ3n) is 4.62. The summed E-state index contributed by atoms with van der Waals surface area (Å²) in [7, 11) is 0. The highest BCUT2D eigenvalue weighted by Crippen LogP contribution is 2.34. The minimum absolute atomic E-state index is 0.120. The number of hydroxylamine groups is 2. The number of carbonyl (C=O) groups is 1. The molecule has 0 bridgehead atoms. The van der Waals surface area contributed by atoms with Gasteiger partial charge in [-0.05, 0) is 25.2 Å². The van der Waals surface area contributed by atoms with Gasteiger partial charge in [0.05, 0.1) is 6.07 Å². The van der Waals surface area contributed by atoms with Gasteiger partial charge in [-0.3, -0.25) is 9.63 Å². The summed E-state index contributed by atoms with van der Waals surface area (Å²) in [6.45, 7) is 3.81. The molecule has 2 fully saturated rings. The van der Waals surface area contributed by atoms with Gasteiger partial charge in [-0.2, -0.15) is 10.3 Å². The molecule has 5 heteroatoms. The maximum Gasteiger partial charge on any atom is 0.302 e. The topological polar surface area (TPSA) is 62.6 Å². The van der Waals surface area contributed by atoms with Crippen molar-refractivity contribution in [1.82, 2.24) is 5.06 Å². The van der Waals surface area contributed by atoms with E-state index in [0.717, 1.165) is 25.7 Å². The van der Waals surface area contributed by atoms with E-state index in [2.05, 4.69) is 13.0 Å². The molecular formula is C16H26N2O3. The molecule has 0 amide bonds. The Morgan fingerprint density at radius 2 is 2.10 bits per heavy atom. The lowest BCUT2D eigenvalue weighted by molar-refractivity contribution is -0.283. The van der Waals surface area contributed by atoms with Gasteiger partial charge in [-0.15, -0.1) is 0 Å². The highest BCUT2D eigenvalue weighted by molar-refractivity contribution is 5.65. The fourth-order valence-electron chi connectivity index (χ4n) is 3.46. The minimum Gasteiger partial charge on any atom is -0.463 e. The van der Waals surface area contributed by atoms with Crippen LogP contribution in [-0.2, 0) is 14.4 Å². The summed E-state index contributed by atoms with van der Waals surface area (Å²) in [6.07, 6.45) is 7.47. The Morgan fingerprint density at radius 1 is 1.38 bits per heavy atom. The van der Waals surface area contributed by atoms with Crippen molar-refractivity contribution in [1.29, 1.82) is 5.26 Å². The van der Waals surface area contributed by atoms with Gasteiger partial charge in [0.2, 0.25) is 0 Å². The van der Waals surface area contributed by atoms with Crippen LogP contribution in [0.3, 0.4) is 0 Å². The van der Waals surface area contributed by atoms with E-state index in [1.54, 1.807) is 0 Å². The number of carbonyl (C=O) groups excluding carboxylic acids is 1. The lowest BCUT2D eigenvalue weighted by Crippen LogP contribution is -2.54. The molecule has 3 atom stereocenters. The summed E-state index contributed by atoms with van der Waals surface area (Å²) in [5, 5.41) is 11.5. The normalized spacial score (nSPS) is 31.6. The van der Waals surface area contributed by atoms with Crippen LogP contribution in [0.15, 0.2) is 0 Å². The summed E-state index contributed by atoms with van der Waals surface area (Å²) in [5.74, 6) is 0.00417. The second kappa shape index (κ2) is 7.77. The summed E-state index contributed by atoms with van der Waals surface area (Å²) in [4.78, 5) is 17.0. The number of hydrogen-bond donors (Lipinski definition) is 0. The molecular weight excluding hydrogens is 268 g/mol. The lowest BCUT2D eigenvalue weighted by Gasteiger charge is -2.45. The molecule has 0 spiro atoms. The molecule has 1 aliphatic carbocycles. The van der Waals surface area contributed by atoms with Crippen molar-refractivity contribution in [2.45, 2.75) is 77.0 Å². The Balaban J connectivity index is 2.05. The average molecular weight is 294 g/mol. The van der Waals surface area contributed by atoms with Crippen LogP contribution in [0.4, 0.5) is 0 Å². The largest absolute Gasteiger partial charge is 0.463 e. The zero-order chi connectivity index (χ0) is 15.2. The summed E-state index contributed by atoms with van der Waals surface area (Å²) < 4.78 is 5.11. The average Bonchev–Trinajstić information content (AvgIpc) is 2.52. The summed E-state index contributed by atoms with van der Waals surface area (Å²) in [6, 6.07) is 2.59. The Kier molecular flexibility index (Phi) is 6.01. The van der Waals surface area contributed by atoms with Gasteiger partial charge in [0.15, 0.2) is 0 Å². The Bertz CT molecular complexity index is 387. The van der Waals surface area contributed by atoms with Gasteiger partial charge < -0.3 is 4.74 Å². The van der Waals surface area contributed by atoms with E-state index in [9.17, 15) is 10.1 Å². The molecule has 21 heavy (non-hydrogen) atoms. The number of hydrogen-bond acceptors (Lipinski definition) is 5. The third kappa shape index (κ3) is 4.18. The predicted molar refractivity (Wildman–Crippen MR) is 78.0 cm³/mol. The predicted octanol–water partition coefficient (Wildman–Crippen LogP) is 2.81. The van der Waals surface area contributed by atoms with Crippen LogP contribution in [0.2, 0.25) is 0 Å². The van der Waals surface area contributed by atoms with Crippen LogP contribution < -0.4 is 0 Å². The summed E-state index contributed by atoms with van der Waals surface area (Å²) in [5.41, 5.74) is 0. The first-order valence-corrected chi connectivity index (χ1v) is 8.13. The smallest absolute Gasteiger partial charge is 0.302 e. The van der Waals surface area contributed by atoms with Crippen LogP contribution in [0.1, 0.15) is 58.8 Å². The zero-order valence-electron chi connectivity index (χ0n) is 13.1. The second-order valence-electron chi connectivity index (χ2n) is 6.16. The number of esters is 1. The van der Waals surface area contributed by atoms with Crippen LogP contribution in [0.25, 0.3) is 0 Å². The Hall–Kier alpha value is -1.12. The van der Waals surface area contributed by atoms with Gasteiger partial charge in [0.25, 0.3) is 0 Å². The first kappa shape index (κ1) is 16.3. The number of rotatable bonds is 4. The fraction of sp³-hybridized carbons (Fsp3) is 0.875. The molecule has 1 aliphatic heterocycles. The first-order chi connectivity index (χ1) is 10.2. The maximum absolute atomic E-state index is 11.0. The van der Waals surface area contributed by atoms with E-state index in [1.165, 1.54) is 26.2 Å². The highest BCUT2D eigenvalue weighted by atomic mass is 16.7. The second-order valence-corrected chi connectivity index (χ2v) is 6.16. The van der Waals surface area contributed by atoms with Crippen molar-refractivity contribution in [3.05, 3.63) is 0 Å². The first-order valence-electron chi connectivity index (χ1n) is 8.13. The molecule has 1 heterocycles. The van der Waals surface area contributed by atoms with Gasteiger partial charge in [-0.25, -0.2) is 0 Å². The Labute approximate surface area is 127 Å². The monoisotopic (exact) mass is 294 g/mol. The van der Waals surface area contributed by atoms with Crippen LogP contribution in [-0.4, -0.2) is 35.8 Å². The maximum atomic E-state index is 11.0. The van der Waals surface area contributed by atoms with E-state index in [1.807, 2.05) is 5.06 Å². The molecule has 0 aromatic heterocycles. The lowest BCUT2D eigenvalue weighted by atomic mass is 9.87. The van der Waals surface area contributed by atoms with Crippen molar-refractivity contribution in [2.24, 2.45) is 5.92 Å². The molecule has 1 saturated heterocycles. The van der Waals surface area contributed by atoms with Gasteiger partial charge in [-0.1, -0.05) is 32.6 Å².